The molecule has 2 aromatic carbocycles. The number of methoxy groups -OCH3 is 1. The largest absolute Gasteiger partial charge is 0.496 e. The second-order valence-corrected chi connectivity index (χ2v) is 5.20. The first-order valence-corrected chi connectivity index (χ1v) is 7.35. The minimum absolute atomic E-state index is 0.499. The van der Waals surface area contributed by atoms with Crippen molar-refractivity contribution < 1.29 is 4.74 Å². The highest BCUT2D eigenvalue weighted by atomic mass is 16.5. The van der Waals surface area contributed by atoms with Crippen molar-refractivity contribution in [2.45, 2.75) is 26.9 Å². The third kappa shape index (κ3) is 3.76. The lowest BCUT2D eigenvalue weighted by molar-refractivity contribution is 0.409. The van der Waals surface area contributed by atoms with Gasteiger partial charge in [-0.3, -0.25) is 0 Å². The van der Waals surface area contributed by atoms with Crippen LogP contribution in [0.15, 0.2) is 42.5 Å². The van der Waals surface area contributed by atoms with Crippen LogP contribution in [0.2, 0.25) is 0 Å². The lowest BCUT2D eigenvalue weighted by Crippen LogP contribution is -2.22. The molecule has 0 saturated heterocycles. The molecule has 0 aromatic heterocycles. The number of hydrogen-bond donors (Lipinski definition) is 1. The van der Waals surface area contributed by atoms with Gasteiger partial charge >= 0.3 is 0 Å². The first kappa shape index (κ1) is 15.4. The van der Waals surface area contributed by atoms with E-state index in [0.29, 0.717) is 6.54 Å². The van der Waals surface area contributed by atoms with Crippen molar-refractivity contribution in [3.8, 4) is 5.75 Å². The summed E-state index contributed by atoms with van der Waals surface area (Å²) in [4.78, 5) is 2.35. The summed E-state index contributed by atoms with van der Waals surface area (Å²) in [6, 6.07) is 14.9. The summed E-state index contributed by atoms with van der Waals surface area (Å²) in [7, 11) is 1.69. The van der Waals surface area contributed by atoms with E-state index in [9.17, 15) is 0 Å². The molecule has 0 bridgehead atoms. The van der Waals surface area contributed by atoms with E-state index in [2.05, 4.69) is 61.2 Å². The van der Waals surface area contributed by atoms with Crippen LogP contribution in [0.4, 0.5) is 5.69 Å². The van der Waals surface area contributed by atoms with Crippen LogP contribution in [0.1, 0.15) is 23.6 Å². The summed E-state index contributed by atoms with van der Waals surface area (Å²) in [5.74, 6) is 0.871. The molecule has 2 rings (SSSR count). The molecule has 0 radical (unpaired) electrons. The van der Waals surface area contributed by atoms with E-state index in [1.54, 1.807) is 7.11 Å². The van der Waals surface area contributed by atoms with Gasteiger partial charge in [-0.15, -0.1) is 0 Å². The number of anilines is 1. The van der Waals surface area contributed by atoms with Crippen LogP contribution in [0.5, 0.6) is 5.75 Å². The molecule has 2 N–H and O–H groups in total. The number of rotatable bonds is 6. The molecule has 0 heterocycles. The Morgan fingerprint density at radius 2 is 1.95 bits per heavy atom. The number of aryl methyl sites for hydroxylation is 1. The topological polar surface area (TPSA) is 38.5 Å². The van der Waals surface area contributed by atoms with Crippen LogP contribution in [0.3, 0.4) is 0 Å². The SMILES string of the molecule is CCN(Cc1ccc(CN)c(OC)c1)c1cccc(C)c1. The number of hydrogen-bond acceptors (Lipinski definition) is 3. The Morgan fingerprint density at radius 1 is 1.14 bits per heavy atom. The molecule has 112 valence electrons. The first-order valence-electron chi connectivity index (χ1n) is 7.35. The molecule has 21 heavy (non-hydrogen) atoms. The smallest absolute Gasteiger partial charge is 0.123 e. The third-order valence-corrected chi connectivity index (χ3v) is 3.69. The summed E-state index contributed by atoms with van der Waals surface area (Å²) in [6.45, 7) is 6.62. The van der Waals surface area contributed by atoms with Crippen LogP contribution < -0.4 is 15.4 Å². The van der Waals surface area contributed by atoms with Gasteiger partial charge in [0.05, 0.1) is 7.11 Å². The predicted octanol–water partition coefficient (Wildman–Crippen LogP) is 3.49. The van der Waals surface area contributed by atoms with E-state index < -0.39 is 0 Å². The van der Waals surface area contributed by atoms with E-state index in [0.717, 1.165) is 24.4 Å². The van der Waals surface area contributed by atoms with Crippen molar-refractivity contribution in [2.75, 3.05) is 18.6 Å². The van der Waals surface area contributed by atoms with Crippen molar-refractivity contribution in [3.05, 3.63) is 59.2 Å². The Balaban J connectivity index is 2.22. The minimum atomic E-state index is 0.499. The van der Waals surface area contributed by atoms with Crippen LogP contribution in [-0.4, -0.2) is 13.7 Å². The van der Waals surface area contributed by atoms with Crippen LogP contribution in [0.25, 0.3) is 0 Å². The highest BCUT2D eigenvalue weighted by Gasteiger charge is 2.08. The number of benzene rings is 2. The molecule has 0 atom stereocenters. The molecule has 3 nitrogen and oxygen atoms in total. The van der Waals surface area contributed by atoms with Gasteiger partial charge in [0.25, 0.3) is 0 Å². The summed E-state index contributed by atoms with van der Waals surface area (Å²) in [5.41, 5.74) is 10.5. The van der Waals surface area contributed by atoms with Gasteiger partial charge in [0, 0.05) is 30.9 Å². The molecule has 2 aromatic rings. The van der Waals surface area contributed by atoms with Gasteiger partial charge in [-0.2, -0.15) is 0 Å². The Kier molecular flexibility index (Phi) is 5.23. The third-order valence-electron chi connectivity index (χ3n) is 3.69. The van der Waals surface area contributed by atoms with Crippen LogP contribution in [0, 0.1) is 6.92 Å². The maximum atomic E-state index is 5.72. The Labute approximate surface area is 127 Å². The molecule has 3 heteroatoms. The average molecular weight is 284 g/mol. The standard InChI is InChI=1S/C18H24N2O/c1-4-20(17-7-5-6-14(2)10-17)13-15-8-9-16(12-19)18(11-15)21-3/h5-11H,4,12-13,19H2,1-3H3. The summed E-state index contributed by atoms with van der Waals surface area (Å²) < 4.78 is 5.42. The molecule has 0 aliphatic rings. The van der Waals surface area contributed by atoms with E-state index in [4.69, 9.17) is 10.5 Å². The lowest BCUT2D eigenvalue weighted by atomic mass is 10.1. The molecule has 0 amide bonds. The Hall–Kier alpha value is -2.00. The second kappa shape index (κ2) is 7.14. The Morgan fingerprint density at radius 3 is 2.57 bits per heavy atom. The van der Waals surface area contributed by atoms with E-state index in [-0.39, 0.29) is 0 Å². The molecule has 0 aliphatic carbocycles. The van der Waals surface area contributed by atoms with Crippen LogP contribution >= 0.6 is 0 Å². The summed E-state index contributed by atoms with van der Waals surface area (Å²) in [6.07, 6.45) is 0. The second-order valence-electron chi connectivity index (χ2n) is 5.20. The van der Waals surface area contributed by atoms with Gasteiger partial charge < -0.3 is 15.4 Å². The van der Waals surface area contributed by atoms with Gasteiger partial charge in [0.2, 0.25) is 0 Å². The van der Waals surface area contributed by atoms with E-state index in [1.807, 2.05) is 0 Å². The van der Waals surface area contributed by atoms with Crippen molar-refractivity contribution >= 4 is 5.69 Å². The summed E-state index contributed by atoms with van der Waals surface area (Å²) in [5, 5.41) is 0. The molecule has 0 spiro atoms. The zero-order valence-electron chi connectivity index (χ0n) is 13.1. The maximum absolute atomic E-state index is 5.72. The Bertz CT molecular complexity index is 596. The number of nitrogens with zero attached hydrogens (tertiary/aromatic N) is 1. The molecule has 0 saturated carbocycles. The quantitative estimate of drug-likeness (QED) is 0.882. The zero-order valence-corrected chi connectivity index (χ0v) is 13.1. The van der Waals surface area contributed by atoms with Crippen molar-refractivity contribution in [2.24, 2.45) is 5.73 Å². The van der Waals surface area contributed by atoms with E-state index in [1.165, 1.54) is 16.8 Å². The highest BCUT2D eigenvalue weighted by Crippen LogP contribution is 2.23. The van der Waals surface area contributed by atoms with Gasteiger partial charge in [-0.1, -0.05) is 24.3 Å². The molecule has 0 fully saturated rings. The first-order chi connectivity index (χ1) is 10.2. The van der Waals surface area contributed by atoms with Crippen LogP contribution in [-0.2, 0) is 13.1 Å². The predicted molar refractivity (Wildman–Crippen MR) is 88.8 cm³/mol. The number of nitrogens with two attached hydrogens (primary N) is 1. The monoisotopic (exact) mass is 284 g/mol. The highest BCUT2D eigenvalue weighted by molar-refractivity contribution is 5.49. The van der Waals surface area contributed by atoms with Crippen molar-refractivity contribution in [1.29, 1.82) is 0 Å². The zero-order chi connectivity index (χ0) is 15.2. The fraction of sp³-hybridized carbons (Fsp3) is 0.333. The van der Waals surface area contributed by atoms with Gasteiger partial charge in [-0.25, -0.2) is 0 Å². The minimum Gasteiger partial charge on any atom is -0.496 e. The van der Waals surface area contributed by atoms with Crippen molar-refractivity contribution in [3.63, 3.8) is 0 Å². The molecule has 0 unspecified atom stereocenters. The van der Waals surface area contributed by atoms with Gasteiger partial charge in [-0.05, 0) is 43.2 Å². The number of ether oxygens (including phenoxy) is 1. The normalized spacial score (nSPS) is 10.5. The van der Waals surface area contributed by atoms with E-state index >= 15 is 0 Å². The van der Waals surface area contributed by atoms with Gasteiger partial charge in [0.1, 0.15) is 5.75 Å². The molecular weight excluding hydrogens is 260 g/mol. The fourth-order valence-corrected chi connectivity index (χ4v) is 2.49. The lowest BCUT2D eigenvalue weighted by Gasteiger charge is -2.24. The fourth-order valence-electron chi connectivity index (χ4n) is 2.49. The van der Waals surface area contributed by atoms with Gasteiger partial charge in [0.15, 0.2) is 0 Å². The average Bonchev–Trinajstić information content (AvgIpc) is 2.52. The van der Waals surface area contributed by atoms with Crippen molar-refractivity contribution in [1.82, 2.24) is 0 Å². The maximum Gasteiger partial charge on any atom is 0.123 e. The summed E-state index contributed by atoms with van der Waals surface area (Å²) >= 11 is 0. The molecule has 0 aliphatic heterocycles. The molecular formula is C18H24N2O.